The Balaban J connectivity index is 2.86. The molecule has 6 heteroatoms. The molecule has 2 heterocycles. The number of hydrogen-bond acceptors (Lipinski definition) is 3. The lowest BCUT2D eigenvalue weighted by atomic mass is 10.3. The van der Waals surface area contributed by atoms with Crippen molar-refractivity contribution >= 4 is 15.9 Å². The highest BCUT2D eigenvalue weighted by Gasteiger charge is 2.24. The second kappa shape index (κ2) is 4.10. The summed E-state index contributed by atoms with van der Waals surface area (Å²) in [6, 6.07) is 3.49. The summed E-state index contributed by atoms with van der Waals surface area (Å²) in [6.07, 6.45) is 2.67. The fourth-order valence-electron chi connectivity index (χ4n) is 1.89. The number of halogens is 1. The highest BCUT2D eigenvalue weighted by atomic mass is 32.3. The first-order chi connectivity index (χ1) is 7.95. The van der Waals surface area contributed by atoms with Gasteiger partial charge in [0.05, 0.1) is 5.69 Å². The normalized spacial score (nSPS) is 12.2. The van der Waals surface area contributed by atoms with Crippen molar-refractivity contribution in [2.45, 2.75) is 31.7 Å². The van der Waals surface area contributed by atoms with Crippen molar-refractivity contribution in [1.82, 2.24) is 9.38 Å². The zero-order valence-electron chi connectivity index (χ0n) is 9.64. The number of imidazole rings is 1. The third kappa shape index (κ3) is 2.04. The Labute approximate surface area is 99.3 Å². The molecule has 2 aromatic rings. The van der Waals surface area contributed by atoms with Gasteiger partial charge < -0.3 is 0 Å². The molecule has 0 amide bonds. The van der Waals surface area contributed by atoms with Crippen LogP contribution in [-0.4, -0.2) is 17.8 Å². The topological polar surface area (TPSA) is 51.4 Å². The summed E-state index contributed by atoms with van der Waals surface area (Å²) in [5.41, 5.74) is 1.61. The van der Waals surface area contributed by atoms with Gasteiger partial charge in [-0.1, -0.05) is 23.3 Å². The lowest BCUT2D eigenvalue weighted by Gasteiger charge is -1.99. The number of fused-ring (bicyclic) bond motifs is 1. The van der Waals surface area contributed by atoms with E-state index >= 15 is 0 Å². The molecule has 0 atom stereocenters. The molecule has 0 aliphatic heterocycles. The highest BCUT2D eigenvalue weighted by Crippen LogP contribution is 2.23. The Morgan fingerprint density at radius 3 is 2.76 bits per heavy atom. The molecule has 0 aliphatic carbocycles. The van der Waals surface area contributed by atoms with Gasteiger partial charge in [0, 0.05) is 6.20 Å². The second-order valence-corrected chi connectivity index (χ2v) is 5.20. The maximum Gasteiger partial charge on any atom is 0.350 e. The minimum Gasteiger partial charge on any atom is -0.288 e. The lowest BCUT2D eigenvalue weighted by Crippen LogP contribution is -2.02. The van der Waals surface area contributed by atoms with Gasteiger partial charge in [0.25, 0.3) is 0 Å². The summed E-state index contributed by atoms with van der Waals surface area (Å²) >= 11 is 0. The van der Waals surface area contributed by atoms with Crippen LogP contribution in [0.15, 0.2) is 23.4 Å². The van der Waals surface area contributed by atoms with Crippen LogP contribution in [0, 0.1) is 6.92 Å². The van der Waals surface area contributed by atoms with E-state index in [2.05, 4.69) is 4.98 Å². The summed E-state index contributed by atoms with van der Waals surface area (Å²) in [6.45, 7) is 3.71. The van der Waals surface area contributed by atoms with Gasteiger partial charge in [-0.25, -0.2) is 4.98 Å². The number of aromatic nitrogens is 2. The molecule has 0 saturated carbocycles. The average Bonchev–Trinajstić information content (AvgIpc) is 2.57. The predicted molar refractivity (Wildman–Crippen MR) is 62.2 cm³/mol. The van der Waals surface area contributed by atoms with Gasteiger partial charge in [-0.3, -0.25) is 4.40 Å². The van der Waals surface area contributed by atoms with Gasteiger partial charge in [0.2, 0.25) is 0 Å². The van der Waals surface area contributed by atoms with Crippen molar-refractivity contribution in [1.29, 1.82) is 0 Å². The van der Waals surface area contributed by atoms with E-state index in [4.69, 9.17) is 0 Å². The third-order valence-corrected chi connectivity index (χ3v) is 3.48. The number of nitrogens with zero attached hydrogens (tertiary/aromatic N) is 2. The predicted octanol–water partition coefficient (Wildman–Crippen LogP) is 2.25. The number of hydrogen-bond donors (Lipinski definition) is 0. The van der Waals surface area contributed by atoms with Crippen molar-refractivity contribution in [2.75, 3.05) is 0 Å². The Bertz CT molecular complexity index is 661. The first kappa shape index (κ1) is 12.0. The van der Waals surface area contributed by atoms with Gasteiger partial charge in [0.15, 0.2) is 5.03 Å². The number of rotatable bonds is 3. The fourth-order valence-corrected chi connectivity index (χ4v) is 2.70. The summed E-state index contributed by atoms with van der Waals surface area (Å²) in [7, 11) is -4.76. The molecular formula is C11H13FN2O2S. The van der Waals surface area contributed by atoms with Crippen LogP contribution in [0.2, 0.25) is 0 Å². The second-order valence-electron chi connectivity index (χ2n) is 3.94. The Hall–Kier alpha value is -1.43. The van der Waals surface area contributed by atoms with E-state index in [1.54, 1.807) is 6.07 Å². The first-order valence-electron chi connectivity index (χ1n) is 5.36. The van der Waals surface area contributed by atoms with Crippen LogP contribution in [0.25, 0.3) is 5.65 Å². The summed E-state index contributed by atoms with van der Waals surface area (Å²) in [5, 5.41) is -0.335. The van der Waals surface area contributed by atoms with Gasteiger partial charge in [-0.15, -0.1) is 0 Å². The molecule has 0 aromatic carbocycles. The zero-order chi connectivity index (χ0) is 12.6. The standard InChI is InChI=1S/C11H13FN2O2S/c1-3-5-9-11(17(12,15)16)14-7-4-6-8(2)10(14)13-9/h4,6-7H,3,5H2,1-2H3. The van der Waals surface area contributed by atoms with Crippen LogP contribution in [0.4, 0.5) is 3.89 Å². The molecule has 0 unspecified atom stereocenters. The van der Waals surface area contributed by atoms with E-state index in [9.17, 15) is 12.3 Å². The van der Waals surface area contributed by atoms with Crippen molar-refractivity contribution < 1.29 is 12.3 Å². The van der Waals surface area contributed by atoms with E-state index in [-0.39, 0.29) is 5.03 Å². The molecule has 0 spiro atoms. The van der Waals surface area contributed by atoms with Gasteiger partial charge in [0.1, 0.15) is 5.65 Å². The smallest absolute Gasteiger partial charge is 0.288 e. The van der Waals surface area contributed by atoms with Gasteiger partial charge in [-0.05, 0) is 25.0 Å². The third-order valence-electron chi connectivity index (χ3n) is 2.59. The van der Waals surface area contributed by atoms with E-state index in [1.165, 1.54) is 10.6 Å². The monoisotopic (exact) mass is 256 g/mol. The molecule has 0 aliphatic rings. The molecule has 17 heavy (non-hydrogen) atoms. The maximum atomic E-state index is 13.3. The maximum absolute atomic E-state index is 13.3. The van der Waals surface area contributed by atoms with Crippen LogP contribution >= 0.6 is 0 Å². The van der Waals surface area contributed by atoms with E-state index in [0.717, 1.165) is 5.56 Å². The van der Waals surface area contributed by atoms with Gasteiger partial charge in [-0.2, -0.15) is 8.42 Å². The molecule has 2 rings (SSSR count). The van der Waals surface area contributed by atoms with E-state index in [1.807, 2.05) is 19.9 Å². The van der Waals surface area contributed by atoms with Crippen LogP contribution in [-0.2, 0) is 16.6 Å². The summed E-state index contributed by atoms with van der Waals surface area (Å²) < 4.78 is 37.0. The van der Waals surface area contributed by atoms with Crippen LogP contribution in [0.5, 0.6) is 0 Å². The molecule has 0 radical (unpaired) electrons. The van der Waals surface area contributed by atoms with Crippen molar-refractivity contribution in [3.05, 3.63) is 29.6 Å². The molecule has 92 valence electrons. The van der Waals surface area contributed by atoms with Crippen molar-refractivity contribution in [3.63, 3.8) is 0 Å². The van der Waals surface area contributed by atoms with Crippen molar-refractivity contribution in [3.8, 4) is 0 Å². The molecular weight excluding hydrogens is 243 g/mol. The van der Waals surface area contributed by atoms with E-state index < -0.39 is 10.2 Å². The van der Waals surface area contributed by atoms with Crippen LogP contribution in [0.1, 0.15) is 24.6 Å². The average molecular weight is 256 g/mol. The SMILES string of the molecule is CCCc1nc2c(C)cccn2c1S(=O)(=O)F. The molecule has 0 saturated heterocycles. The summed E-state index contributed by atoms with van der Waals surface area (Å²) in [5.74, 6) is 0. The van der Waals surface area contributed by atoms with Crippen LogP contribution < -0.4 is 0 Å². The minimum atomic E-state index is -4.76. The van der Waals surface area contributed by atoms with E-state index in [0.29, 0.717) is 24.2 Å². The Morgan fingerprint density at radius 2 is 2.18 bits per heavy atom. The quantitative estimate of drug-likeness (QED) is 0.791. The summed E-state index contributed by atoms with van der Waals surface area (Å²) in [4.78, 5) is 4.21. The fraction of sp³-hybridized carbons (Fsp3) is 0.364. The van der Waals surface area contributed by atoms with Crippen molar-refractivity contribution in [2.24, 2.45) is 0 Å². The molecule has 0 bridgehead atoms. The number of pyridine rings is 1. The molecule has 4 nitrogen and oxygen atoms in total. The molecule has 0 fully saturated rings. The molecule has 2 aromatic heterocycles. The van der Waals surface area contributed by atoms with Crippen LogP contribution in [0.3, 0.4) is 0 Å². The first-order valence-corrected chi connectivity index (χ1v) is 6.74. The molecule has 0 N–H and O–H groups in total. The highest BCUT2D eigenvalue weighted by molar-refractivity contribution is 7.86. The number of aryl methyl sites for hydroxylation is 2. The zero-order valence-corrected chi connectivity index (χ0v) is 10.5. The Morgan fingerprint density at radius 1 is 1.47 bits per heavy atom. The van der Waals surface area contributed by atoms with Gasteiger partial charge >= 0.3 is 10.2 Å². The minimum absolute atomic E-state index is 0.296. The lowest BCUT2D eigenvalue weighted by molar-refractivity contribution is 0.544. The largest absolute Gasteiger partial charge is 0.350 e. The Kier molecular flexibility index (Phi) is 2.91.